The third kappa shape index (κ3) is 3.86. The lowest BCUT2D eigenvalue weighted by molar-refractivity contribution is 0.528. The predicted octanol–water partition coefficient (Wildman–Crippen LogP) is 4.66. The fourth-order valence-corrected chi connectivity index (χ4v) is 2.33. The van der Waals surface area contributed by atoms with E-state index in [1.54, 1.807) is 0 Å². The SMILES string of the molecule is CC(C)CC(Nc1cnn(C(C)C)c1)c1ccccc1. The fraction of sp³-hybridized carbons (Fsp3) is 0.471. The molecule has 0 amide bonds. The molecule has 3 nitrogen and oxygen atoms in total. The van der Waals surface area contributed by atoms with Crippen LogP contribution in [0.3, 0.4) is 0 Å². The second-order valence-corrected chi connectivity index (χ2v) is 6.04. The number of rotatable bonds is 6. The molecule has 0 radical (unpaired) electrons. The lowest BCUT2D eigenvalue weighted by Gasteiger charge is -2.21. The number of benzene rings is 1. The van der Waals surface area contributed by atoms with Gasteiger partial charge in [0.2, 0.25) is 0 Å². The minimum absolute atomic E-state index is 0.334. The zero-order chi connectivity index (χ0) is 14.5. The van der Waals surface area contributed by atoms with Crippen LogP contribution >= 0.6 is 0 Å². The second-order valence-electron chi connectivity index (χ2n) is 6.04. The highest BCUT2D eigenvalue weighted by atomic mass is 15.3. The Morgan fingerprint density at radius 3 is 2.35 bits per heavy atom. The van der Waals surface area contributed by atoms with Crippen LogP contribution in [-0.4, -0.2) is 9.78 Å². The van der Waals surface area contributed by atoms with Crippen LogP contribution in [0.5, 0.6) is 0 Å². The molecule has 1 N–H and O–H groups in total. The van der Waals surface area contributed by atoms with Crippen LogP contribution in [0.25, 0.3) is 0 Å². The van der Waals surface area contributed by atoms with Gasteiger partial charge in [-0.3, -0.25) is 4.68 Å². The zero-order valence-electron chi connectivity index (χ0n) is 12.9. The standard InChI is InChI=1S/C17H25N3/c1-13(2)10-17(15-8-6-5-7-9-15)19-16-11-18-20(12-16)14(3)4/h5-9,11-14,17,19H,10H2,1-4H3. The van der Waals surface area contributed by atoms with Crippen molar-refractivity contribution in [2.75, 3.05) is 5.32 Å². The first-order valence-corrected chi connectivity index (χ1v) is 7.42. The molecule has 20 heavy (non-hydrogen) atoms. The summed E-state index contributed by atoms with van der Waals surface area (Å²) >= 11 is 0. The summed E-state index contributed by atoms with van der Waals surface area (Å²) in [7, 11) is 0. The Labute approximate surface area is 122 Å². The first-order valence-electron chi connectivity index (χ1n) is 7.42. The van der Waals surface area contributed by atoms with Gasteiger partial charge < -0.3 is 5.32 Å². The summed E-state index contributed by atoms with van der Waals surface area (Å²) in [5, 5.41) is 8.01. The van der Waals surface area contributed by atoms with Crippen LogP contribution in [-0.2, 0) is 0 Å². The van der Waals surface area contributed by atoms with Crippen molar-refractivity contribution < 1.29 is 0 Å². The molecule has 1 unspecified atom stereocenters. The van der Waals surface area contributed by atoms with E-state index in [2.05, 4.69) is 74.6 Å². The van der Waals surface area contributed by atoms with Gasteiger partial charge in [-0.2, -0.15) is 5.10 Å². The van der Waals surface area contributed by atoms with Crippen molar-refractivity contribution in [3.8, 4) is 0 Å². The summed E-state index contributed by atoms with van der Waals surface area (Å²) in [6.45, 7) is 8.80. The fourth-order valence-electron chi connectivity index (χ4n) is 2.33. The molecule has 0 aliphatic heterocycles. The zero-order valence-corrected chi connectivity index (χ0v) is 12.9. The average molecular weight is 271 g/mol. The molecule has 3 heteroatoms. The van der Waals surface area contributed by atoms with Crippen LogP contribution in [0, 0.1) is 5.92 Å². The van der Waals surface area contributed by atoms with Crippen LogP contribution in [0.4, 0.5) is 5.69 Å². The van der Waals surface area contributed by atoms with Gasteiger partial charge in [0.1, 0.15) is 0 Å². The van der Waals surface area contributed by atoms with Crippen molar-refractivity contribution in [1.82, 2.24) is 9.78 Å². The van der Waals surface area contributed by atoms with Crippen LogP contribution in [0.1, 0.15) is 51.8 Å². The highest BCUT2D eigenvalue weighted by Crippen LogP contribution is 2.26. The topological polar surface area (TPSA) is 29.9 Å². The van der Waals surface area contributed by atoms with Gasteiger partial charge in [-0.05, 0) is 31.7 Å². The highest BCUT2D eigenvalue weighted by molar-refractivity contribution is 5.42. The van der Waals surface area contributed by atoms with Crippen molar-refractivity contribution in [2.45, 2.75) is 46.2 Å². The molecule has 1 aromatic heterocycles. The Kier molecular flexibility index (Phi) is 4.83. The van der Waals surface area contributed by atoms with E-state index in [0.717, 1.165) is 12.1 Å². The Morgan fingerprint density at radius 2 is 1.80 bits per heavy atom. The Hall–Kier alpha value is -1.77. The monoisotopic (exact) mass is 271 g/mol. The van der Waals surface area contributed by atoms with Gasteiger partial charge in [0.15, 0.2) is 0 Å². The molecule has 1 heterocycles. The minimum atomic E-state index is 0.334. The number of anilines is 1. The smallest absolute Gasteiger partial charge is 0.0731 e. The van der Waals surface area contributed by atoms with E-state index in [0.29, 0.717) is 18.0 Å². The molecule has 0 fully saturated rings. The second kappa shape index (κ2) is 6.60. The van der Waals surface area contributed by atoms with Gasteiger partial charge in [-0.1, -0.05) is 44.2 Å². The van der Waals surface area contributed by atoms with E-state index in [9.17, 15) is 0 Å². The van der Waals surface area contributed by atoms with Crippen molar-refractivity contribution >= 4 is 5.69 Å². The summed E-state index contributed by atoms with van der Waals surface area (Å²) in [4.78, 5) is 0. The van der Waals surface area contributed by atoms with Crippen LogP contribution < -0.4 is 5.32 Å². The third-order valence-corrected chi connectivity index (χ3v) is 3.38. The maximum atomic E-state index is 4.40. The van der Waals surface area contributed by atoms with Crippen LogP contribution in [0.2, 0.25) is 0 Å². The lowest BCUT2D eigenvalue weighted by Crippen LogP contribution is -2.13. The molecule has 0 saturated carbocycles. The van der Waals surface area contributed by atoms with Crippen molar-refractivity contribution in [3.63, 3.8) is 0 Å². The van der Waals surface area contributed by atoms with E-state index in [4.69, 9.17) is 0 Å². The van der Waals surface area contributed by atoms with Crippen molar-refractivity contribution in [2.24, 2.45) is 5.92 Å². The normalized spacial score (nSPS) is 12.9. The van der Waals surface area contributed by atoms with Gasteiger partial charge in [-0.25, -0.2) is 0 Å². The summed E-state index contributed by atoms with van der Waals surface area (Å²) in [6.07, 6.45) is 5.11. The Morgan fingerprint density at radius 1 is 1.10 bits per heavy atom. The Bertz CT molecular complexity index is 514. The number of aromatic nitrogens is 2. The number of nitrogens with zero attached hydrogens (tertiary/aromatic N) is 2. The molecule has 2 rings (SSSR count). The molecule has 0 saturated heterocycles. The largest absolute Gasteiger partial charge is 0.376 e. The molecule has 0 aliphatic rings. The van der Waals surface area contributed by atoms with E-state index in [-0.39, 0.29) is 0 Å². The number of nitrogens with one attached hydrogen (secondary N) is 1. The molecule has 1 aromatic carbocycles. The molecule has 2 aromatic rings. The van der Waals surface area contributed by atoms with Crippen molar-refractivity contribution in [3.05, 3.63) is 48.3 Å². The molecule has 108 valence electrons. The summed E-state index contributed by atoms with van der Waals surface area (Å²) in [5.41, 5.74) is 2.42. The lowest BCUT2D eigenvalue weighted by atomic mass is 9.97. The molecule has 1 atom stereocenters. The van der Waals surface area contributed by atoms with Crippen LogP contribution in [0.15, 0.2) is 42.7 Å². The molecule has 0 bridgehead atoms. The van der Waals surface area contributed by atoms with E-state index >= 15 is 0 Å². The summed E-state index contributed by atoms with van der Waals surface area (Å²) in [5.74, 6) is 0.646. The average Bonchev–Trinajstić information content (AvgIpc) is 2.87. The number of hydrogen-bond donors (Lipinski definition) is 1. The molecular formula is C17H25N3. The van der Waals surface area contributed by atoms with E-state index in [1.807, 2.05) is 10.9 Å². The van der Waals surface area contributed by atoms with Gasteiger partial charge >= 0.3 is 0 Å². The highest BCUT2D eigenvalue weighted by Gasteiger charge is 2.14. The van der Waals surface area contributed by atoms with Gasteiger partial charge in [-0.15, -0.1) is 0 Å². The molecule has 0 aliphatic carbocycles. The van der Waals surface area contributed by atoms with Gasteiger partial charge in [0, 0.05) is 12.2 Å². The van der Waals surface area contributed by atoms with E-state index in [1.165, 1.54) is 5.56 Å². The van der Waals surface area contributed by atoms with Gasteiger partial charge in [0.05, 0.1) is 17.9 Å². The maximum Gasteiger partial charge on any atom is 0.0731 e. The van der Waals surface area contributed by atoms with E-state index < -0.39 is 0 Å². The predicted molar refractivity (Wildman–Crippen MR) is 84.9 cm³/mol. The van der Waals surface area contributed by atoms with Gasteiger partial charge in [0.25, 0.3) is 0 Å². The minimum Gasteiger partial charge on any atom is -0.376 e. The maximum absolute atomic E-state index is 4.40. The first kappa shape index (κ1) is 14.6. The van der Waals surface area contributed by atoms with Crippen molar-refractivity contribution in [1.29, 1.82) is 0 Å². The summed E-state index contributed by atoms with van der Waals surface area (Å²) < 4.78 is 1.99. The third-order valence-electron chi connectivity index (χ3n) is 3.38. The number of hydrogen-bond acceptors (Lipinski definition) is 2. The quantitative estimate of drug-likeness (QED) is 0.828. The Balaban J connectivity index is 2.15. The first-order chi connectivity index (χ1) is 9.56. The molecular weight excluding hydrogens is 246 g/mol. The molecule has 0 spiro atoms. The summed E-state index contributed by atoms with van der Waals surface area (Å²) in [6, 6.07) is 11.4.